The highest BCUT2D eigenvalue weighted by Gasteiger charge is 2.39. The van der Waals surface area contributed by atoms with Gasteiger partial charge in [0, 0.05) is 13.6 Å². The Morgan fingerprint density at radius 3 is 1.98 bits per heavy atom. The first kappa shape index (κ1) is 29.5. The zero-order valence-electron chi connectivity index (χ0n) is 25.7. The molecular formula is C36H37N7O3. The zero-order valence-corrected chi connectivity index (χ0v) is 25.7. The maximum Gasteiger partial charge on any atom is 0.407 e. The minimum atomic E-state index is -1.15. The van der Waals surface area contributed by atoms with Gasteiger partial charge in [0.1, 0.15) is 17.7 Å². The van der Waals surface area contributed by atoms with Gasteiger partial charge < -0.3 is 25.3 Å². The second-order valence-electron chi connectivity index (χ2n) is 12.1. The lowest BCUT2D eigenvalue weighted by atomic mass is 10.0. The van der Waals surface area contributed by atoms with Crippen LogP contribution in [0.15, 0.2) is 91.3 Å². The standard InChI is InChI=1S/C36H37N7O3/c1-42(36(45)46)32(27-7-3-2-4-8-27)35(44)43-20-6-10-31(43)34-39-22-30(41-34)26-17-13-24(14-18-26)23-11-15-25(16-12-23)29-21-38-33(40-29)28-9-5-19-37-28/h2-4,7-8,11-18,21-22,28,31-32,37H,5-6,9-10,19-20H2,1H3,(H,38,40)(H,39,41)(H,45,46)/t28-,31-,32+/m0/s1. The molecule has 0 unspecified atom stereocenters. The highest BCUT2D eigenvalue weighted by Crippen LogP contribution is 2.36. The molecular weight excluding hydrogens is 578 g/mol. The number of nitrogens with one attached hydrogen (secondary N) is 3. The molecule has 7 rings (SSSR count). The van der Waals surface area contributed by atoms with Crippen LogP contribution in [0.4, 0.5) is 4.79 Å². The Kier molecular flexibility index (Phi) is 8.11. The summed E-state index contributed by atoms with van der Waals surface area (Å²) in [5, 5.41) is 13.2. The van der Waals surface area contributed by atoms with E-state index in [0.717, 1.165) is 70.2 Å². The first-order valence-corrected chi connectivity index (χ1v) is 15.8. The van der Waals surface area contributed by atoms with Crippen molar-refractivity contribution in [1.29, 1.82) is 0 Å². The summed E-state index contributed by atoms with van der Waals surface area (Å²) in [6.07, 6.45) is 6.43. The molecule has 4 N–H and O–H groups in total. The molecule has 10 heteroatoms. The number of likely N-dealkylation sites (N-methyl/N-ethyl adjacent to an activating group) is 1. The molecule has 46 heavy (non-hydrogen) atoms. The van der Waals surface area contributed by atoms with E-state index in [4.69, 9.17) is 0 Å². The van der Waals surface area contributed by atoms with Crippen LogP contribution in [-0.4, -0.2) is 67.0 Å². The summed E-state index contributed by atoms with van der Waals surface area (Å²) in [6.45, 7) is 1.59. The molecule has 0 bridgehead atoms. The number of benzene rings is 3. The van der Waals surface area contributed by atoms with Crippen LogP contribution in [0.5, 0.6) is 0 Å². The van der Waals surface area contributed by atoms with Crippen LogP contribution in [0, 0.1) is 0 Å². The SMILES string of the molecule is CN(C(=O)O)[C@@H](C(=O)N1CCC[C@H]1c1ncc(-c2ccc(-c3ccc(-c4cnc([C@@H]5CCCN5)[nH]4)cc3)cc2)[nH]1)c1ccccc1. The minimum absolute atomic E-state index is 0.245. The van der Waals surface area contributed by atoms with Gasteiger partial charge in [0.2, 0.25) is 0 Å². The van der Waals surface area contributed by atoms with Crippen molar-refractivity contribution in [2.24, 2.45) is 0 Å². The average molecular weight is 616 g/mol. The highest BCUT2D eigenvalue weighted by atomic mass is 16.4. The van der Waals surface area contributed by atoms with E-state index >= 15 is 0 Å². The van der Waals surface area contributed by atoms with Gasteiger partial charge >= 0.3 is 6.09 Å². The van der Waals surface area contributed by atoms with Gasteiger partial charge in [-0.15, -0.1) is 0 Å². The maximum atomic E-state index is 13.9. The molecule has 2 aromatic heterocycles. The van der Waals surface area contributed by atoms with Crippen LogP contribution < -0.4 is 5.32 Å². The number of carbonyl (C=O) groups is 2. The topological polar surface area (TPSA) is 130 Å². The third-order valence-corrected chi connectivity index (χ3v) is 9.20. The smallest absolute Gasteiger partial charge is 0.407 e. The van der Waals surface area contributed by atoms with E-state index in [9.17, 15) is 14.7 Å². The Balaban J connectivity index is 1.05. The summed E-state index contributed by atoms with van der Waals surface area (Å²) < 4.78 is 0. The Hall–Kier alpha value is -5.22. The van der Waals surface area contributed by atoms with Crippen LogP contribution in [0.1, 0.15) is 61.0 Å². The van der Waals surface area contributed by atoms with Crippen molar-refractivity contribution in [3.8, 4) is 33.6 Å². The van der Waals surface area contributed by atoms with Crippen molar-refractivity contribution >= 4 is 12.0 Å². The molecule has 2 aliphatic rings. The van der Waals surface area contributed by atoms with Gasteiger partial charge in [0.25, 0.3) is 5.91 Å². The van der Waals surface area contributed by atoms with Crippen LogP contribution in [-0.2, 0) is 4.79 Å². The molecule has 0 radical (unpaired) electrons. The largest absolute Gasteiger partial charge is 0.465 e. The molecule has 2 amide bonds. The fraction of sp³-hybridized carbons (Fsp3) is 0.278. The molecule has 2 saturated heterocycles. The predicted octanol–water partition coefficient (Wildman–Crippen LogP) is 6.57. The van der Waals surface area contributed by atoms with E-state index in [0.29, 0.717) is 24.0 Å². The third-order valence-electron chi connectivity index (χ3n) is 9.20. The number of imidazole rings is 2. The van der Waals surface area contributed by atoms with E-state index in [2.05, 4.69) is 73.8 Å². The van der Waals surface area contributed by atoms with E-state index in [1.54, 1.807) is 23.2 Å². The predicted molar refractivity (Wildman–Crippen MR) is 176 cm³/mol. The van der Waals surface area contributed by atoms with Gasteiger partial charge in [0.05, 0.1) is 35.9 Å². The number of likely N-dealkylation sites (tertiary alicyclic amines) is 1. The number of aromatic nitrogens is 4. The second-order valence-corrected chi connectivity index (χ2v) is 12.1. The third kappa shape index (κ3) is 5.79. The van der Waals surface area contributed by atoms with Gasteiger partial charge in [-0.2, -0.15) is 0 Å². The molecule has 4 heterocycles. The Morgan fingerprint density at radius 2 is 1.39 bits per heavy atom. The quantitative estimate of drug-likeness (QED) is 0.156. The van der Waals surface area contributed by atoms with Crippen molar-refractivity contribution in [3.63, 3.8) is 0 Å². The molecule has 0 saturated carbocycles. The number of hydrogen-bond donors (Lipinski definition) is 4. The molecule has 234 valence electrons. The monoisotopic (exact) mass is 615 g/mol. The molecule has 0 spiro atoms. The fourth-order valence-electron chi connectivity index (χ4n) is 6.66. The lowest BCUT2D eigenvalue weighted by Crippen LogP contribution is -2.43. The summed E-state index contributed by atoms with van der Waals surface area (Å²) in [6, 6.07) is 25.0. The second kappa shape index (κ2) is 12.6. The molecule has 3 atom stereocenters. The first-order chi connectivity index (χ1) is 22.5. The van der Waals surface area contributed by atoms with Gasteiger partial charge in [-0.25, -0.2) is 14.8 Å². The van der Waals surface area contributed by atoms with E-state index in [-0.39, 0.29) is 11.9 Å². The van der Waals surface area contributed by atoms with E-state index in [1.807, 2.05) is 24.4 Å². The van der Waals surface area contributed by atoms with Crippen molar-refractivity contribution in [3.05, 3.63) is 108 Å². The first-order valence-electron chi connectivity index (χ1n) is 15.8. The highest BCUT2D eigenvalue weighted by molar-refractivity contribution is 5.87. The van der Waals surface area contributed by atoms with Gasteiger partial charge in [-0.05, 0) is 60.0 Å². The van der Waals surface area contributed by atoms with Crippen LogP contribution in [0.25, 0.3) is 33.6 Å². The minimum Gasteiger partial charge on any atom is -0.465 e. The number of H-pyrrole nitrogens is 2. The van der Waals surface area contributed by atoms with Crippen LogP contribution in [0.2, 0.25) is 0 Å². The normalized spacial score (nSPS) is 18.5. The van der Waals surface area contributed by atoms with Crippen LogP contribution in [0.3, 0.4) is 0 Å². The summed E-state index contributed by atoms with van der Waals surface area (Å²) in [7, 11) is 1.44. The summed E-state index contributed by atoms with van der Waals surface area (Å²) in [4.78, 5) is 44.8. The van der Waals surface area contributed by atoms with Gasteiger partial charge in [0.15, 0.2) is 0 Å². The Labute approximate surface area is 267 Å². The number of aromatic amines is 2. The van der Waals surface area contributed by atoms with E-state index < -0.39 is 12.1 Å². The molecule has 0 aliphatic carbocycles. The molecule has 2 fully saturated rings. The van der Waals surface area contributed by atoms with Gasteiger partial charge in [-0.1, -0.05) is 78.9 Å². The van der Waals surface area contributed by atoms with Crippen molar-refractivity contribution in [1.82, 2.24) is 35.1 Å². The molecule has 10 nitrogen and oxygen atoms in total. The average Bonchev–Trinajstić information content (AvgIpc) is 3.92. The Morgan fingerprint density at radius 1 is 0.804 bits per heavy atom. The van der Waals surface area contributed by atoms with E-state index in [1.165, 1.54) is 13.5 Å². The van der Waals surface area contributed by atoms with Crippen molar-refractivity contribution < 1.29 is 14.7 Å². The number of nitrogens with zero attached hydrogens (tertiary/aromatic N) is 4. The maximum absolute atomic E-state index is 13.9. The molecule has 3 aromatic carbocycles. The van der Waals surface area contributed by atoms with Crippen LogP contribution >= 0.6 is 0 Å². The van der Waals surface area contributed by atoms with Crippen molar-refractivity contribution in [2.45, 2.75) is 43.8 Å². The number of carbonyl (C=O) groups excluding carboxylic acids is 1. The summed E-state index contributed by atoms with van der Waals surface area (Å²) in [5.74, 6) is 1.46. The lowest BCUT2D eigenvalue weighted by Gasteiger charge is -2.32. The zero-order chi connectivity index (χ0) is 31.6. The Bertz CT molecular complexity index is 1810. The molecule has 5 aromatic rings. The molecule has 2 aliphatic heterocycles. The number of hydrogen-bond acceptors (Lipinski definition) is 5. The summed E-state index contributed by atoms with van der Waals surface area (Å²) in [5.41, 5.74) is 6.86. The fourth-order valence-corrected chi connectivity index (χ4v) is 6.66. The number of amides is 2. The number of rotatable bonds is 8. The van der Waals surface area contributed by atoms with Gasteiger partial charge in [-0.3, -0.25) is 9.69 Å². The summed E-state index contributed by atoms with van der Waals surface area (Å²) >= 11 is 0. The van der Waals surface area contributed by atoms with Crippen molar-refractivity contribution in [2.75, 3.05) is 20.1 Å². The lowest BCUT2D eigenvalue weighted by molar-refractivity contribution is -0.137. The number of carboxylic acid groups (broad SMARTS) is 1.